The summed E-state index contributed by atoms with van der Waals surface area (Å²) in [7, 11) is -3.04. The molecule has 3 fully saturated rings. The predicted octanol–water partition coefficient (Wildman–Crippen LogP) is 1.67. The molecule has 4 nitrogen and oxygen atoms in total. The molecule has 0 saturated carbocycles. The fourth-order valence-electron chi connectivity index (χ4n) is 1.27. The zero-order valence-corrected chi connectivity index (χ0v) is 6.76. The summed E-state index contributed by atoms with van der Waals surface area (Å²) in [5, 5.41) is 0. The molecule has 0 aromatic carbocycles. The van der Waals surface area contributed by atoms with Gasteiger partial charge in [0.15, 0.2) is 0 Å². The molecule has 3 heterocycles. The van der Waals surface area contributed by atoms with Gasteiger partial charge >= 0.3 is 7.82 Å². The third-order valence-corrected chi connectivity index (χ3v) is 3.57. The van der Waals surface area contributed by atoms with Crippen LogP contribution in [0.4, 0.5) is 0 Å². The Bertz CT molecular complexity index is 204. The average Bonchev–Trinajstić information content (AvgIpc) is 2.15. The summed E-state index contributed by atoms with van der Waals surface area (Å²) in [5.74, 6) is -0.685. The van der Waals surface area contributed by atoms with Crippen LogP contribution < -0.4 is 0 Å². The van der Waals surface area contributed by atoms with Crippen molar-refractivity contribution < 1.29 is 18.1 Å². The Hall–Kier alpha value is 0.110. The van der Waals surface area contributed by atoms with E-state index in [-0.39, 0.29) is 6.10 Å². The number of phosphoric ester groups is 1. The molecule has 0 N–H and O–H groups in total. The summed E-state index contributed by atoms with van der Waals surface area (Å²) < 4.78 is 25.9. The number of hydrogen-bond acceptors (Lipinski definition) is 4. The first-order valence-corrected chi connectivity index (χ1v) is 4.76. The number of phosphoric acid groups is 1. The largest absolute Gasteiger partial charge is 0.480 e. The van der Waals surface area contributed by atoms with Gasteiger partial charge in [-0.1, -0.05) is 6.92 Å². The molecule has 0 amide bonds. The summed E-state index contributed by atoms with van der Waals surface area (Å²) in [5.41, 5.74) is 0. The van der Waals surface area contributed by atoms with Gasteiger partial charge in [0.25, 0.3) is 0 Å². The van der Waals surface area contributed by atoms with E-state index < -0.39 is 13.6 Å². The molecule has 0 spiro atoms. The van der Waals surface area contributed by atoms with Gasteiger partial charge in [0.1, 0.15) is 6.10 Å². The first kappa shape index (κ1) is 6.80. The summed E-state index contributed by atoms with van der Waals surface area (Å²) in [6, 6.07) is 0. The average molecular weight is 164 g/mol. The molecule has 3 rings (SSSR count). The van der Waals surface area contributed by atoms with Crippen LogP contribution in [-0.2, 0) is 18.1 Å². The fourth-order valence-corrected chi connectivity index (χ4v) is 3.23. The molecule has 3 aliphatic rings. The Balaban J connectivity index is 2.27. The molecule has 1 atom stereocenters. The lowest BCUT2D eigenvalue weighted by atomic mass is 10.1. The maximum Gasteiger partial charge on any atom is 0.480 e. The van der Waals surface area contributed by atoms with E-state index >= 15 is 0 Å². The first-order chi connectivity index (χ1) is 4.60. The molecule has 0 radical (unpaired) electrons. The highest BCUT2D eigenvalue weighted by Crippen LogP contribution is 2.74. The van der Waals surface area contributed by atoms with Gasteiger partial charge in [-0.15, -0.1) is 0 Å². The van der Waals surface area contributed by atoms with Gasteiger partial charge in [0.2, 0.25) is 5.79 Å². The maximum atomic E-state index is 11.0. The molecular formula is C5H9O4P. The Morgan fingerprint density at radius 3 is 2.40 bits per heavy atom. The lowest BCUT2D eigenvalue weighted by molar-refractivity contribution is -0.181. The Kier molecular flexibility index (Phi) is 1.12. The van der Waals surface area contributed by atoms with E-state index in [1.165, 1.54) is 0 Å². The van der Waals surface area contributed by atoms with Crippen molar-refractivity contribution in [3.05, 3.63) is 0 Å². The van der Waals surface area contributed by atoms with Crippen molar-refractivity contribution >= 4 is 7.82 Å². The van der Waals surface area contributed by atoms with E-state index in [9.17, 15) is 4.57 Å². The molecule has 1 unspecified atom stereocenters. The van der Waals surface area contributed by atoms with Crippen molar-refractivity contribution in [1.29, 1.82) is 0 Å². The number of hydrogen-bond donors (Lipinski definition) is 0. The van der Waals surface area contributed by atoms with Gasteiger partial charge in [-0.3, -0.25) is 13.6 Å². The van der Waals surface area contributed by atoms with Crippen LogP contribution in [0, 0.1) is 0 Å². The predicted molar refractivity (Wildman–Crippen MR) is 33.3 cm³/mol. The third-order valence-electron chi connectivity index (χ3n) is 1.93. The summed E-state index contributed by atoms with van der Waals surface area (Å²) in [6.45, 7) is 3.71. The molecule has 2 bridgehead atoms. The Morgan fingerprint density at radius 1 is 1.60 bits per heavy atom. The Morgan fingerprint density at radius 2 is 2.20 bits per heavy atom. The molecular weight excluding hydrogens is 155 g/mol. The monoisotopic (exact) mass is 164 g/mol. The molecule has 0 aromatic heterocycles. The molecule has 0 aromatic rings. The van der Waals surface area contributed by atoms with Crippen molar-refractivity contribution in [3.63, 3.8) is 0 Å². The van der Waals surface area contributed by atoms with E-state index in [1.54, 1.807) is 6.92 Å². The lowest BCUT2D eigenvalue weighted by Crippen LogP contribution is -2.41. The molecule has 0 aliphatic carbocycles. The van der Waals surface area contributed by atoms with Gasteiger partial charge in [-0.05, 0) is 6.92 Å². The molecule has 58 valence electrons. The molecule has 3 aliphatic heterocycles. The fraction of sp³-hybridized carbons (Fsp3) is 1.00. The van der Waals surface area contributed by atoms with Crippen LogP contribution in [0.15, 0.2) is 0 Å². The van der Waals surface area contributed by atoms with Crippen molar-refractivity contribution in [1.82, 2.24) is 0 Å². The SMILES string of the molecule is CCC12OP(=O)(OC1C)O2. The molecule has 10 heavy (non-hydrogen) atoms. The lowest BCUT2D eigenvalue weighted by Gasteiger charge is -2.34. The second-order valence-electron chi connectivity index (χ2n) is 2.54. The van der Waals surface area contributed by atoms with E-state index in [0.717, 1.165) is 0 Å². The topological polar surface area (TPSA) is 44.8 Å². The highest BCUT2D eigenvalue weighted by molar-refractivity contribution is 7.50. The van der Waals surface area contributed by atoms with Crippen LogP contribution in [0.3, 0.4) is 0 Å². The van der Waals surface area contributed by atoms with Crippen LogP contribution in [0.25, 0.3) is 0 Å². The number of rotatable bonds is 1. The minimum atomic E-state index is -3.04. The van der Waals surface area contributed by atoms with Gasteiger partial charge in [0.05, 0.1) is 0 Å². The minimum absolute atomic E-state index is 0.191. The number of fused-ring (bicyclic) bond motifs is 1. The van der Waals surface area contributed by atoms with E-state index in [2.05, 4.69) is 0 Å². The quantitative estimate of drug-likeness (QED) is 0.553. The molecule has 3 saturated heterocycles. The van der Waals surface area contributed by atoms with E-state index in [1.807, 2.05) is 6.92 Å². The van der Waals surface area contributed by atoms with Crippen LogP contribution in [0.1, 0.15) is 20.3 Å². The van der Waals surface area contributed by atoms with Crippen LogP contribution in [-0.4, -0.2) is 11.9 Å². The van der Waals surface area contributed by atoms with Crippen molar-refractivity contribution in [3.8, 4) is 0 Å². The van der Waals surface area contributed by atoms with Gasteiger partial charge in [0, 0.05) is 6.42 Å². The zero-order valence-electron chi connectivity index (χ0n) is 5.86. The minimum Gasteiger partial charge on any atom is -0.278 e. The second-order valence-corrected chi connectivity index (χ2v) is 4.01. The smallest absolute Gasteiger partial charge is 0.278 e. The van der Waals surface area contributed by atoms with Crippen molar-refractivity contribution in [2.75, 3.05) is 0 Å². The standard InChI is InChI=1S/C5H9O4P/c1-3-5-4(2)7-10(6,8-5)9-5/h4H,3H2,1-2H3. The van der Waals surface area contributed by atoms with Crippen LogP contribution in [0.5, 0.6) is 0 Å². The summed E-state index contributed by atoms with van der Waals surface area (Å²) in [4.78, 5) is 0. The van der Waals surface area contributed by atoms with Gasteiger partial charge in [-0.25, -0.2) is 4.57 Å². The van der Waals surface area contributed by atoms with E-state index in [4.69, 9.17) is 13.6 Å². The highest BCUT2D eigenvalue weighted by Gasteiger charge is 2.68. The van der Waals surface area contributed by atoms with Crippen LogP contribution >= 0.6 is 7.82 Å². The second kappa shape index (κ2) is 1.64. The van der Waals surface area contributed by atoms with Crippen molar-refractivity contribution in [2.24, 2.45) is 0 Å². The van der Waals surface area contributed by atoms with Gasteiger partial charge < -0.3 is 0 Å². The Labute approximate surface area is 59.1 Å². The zero-order chi connectivity index (χ0) is 7.41. The third kappa shape index (κ3) is 0.601. The maximum absolute atomic E-state index is 11.0. The highest BCUT2D eigenvalue weighted by atomic mass is 31.2. The van der Waals surface area contributed by atoms with Gasteiger partial charge in [-0.2, -0.15) is 0 Å². The summed E-state index contributed by atoms with van der Waals surface area (Å²) >= 11 is 0. The van der Waals surface area contributed by atoms with E-state index in [0.29, 0.717) is 6.42 Å². The van der Waals surface area contributed by atoms with Crippen LogP contribution in [0.2, 0.25) is 0 Å². The normalized spacial score (nSPS) is 58.4. The summed E-state index contributed by atoms with van der Waals surface area (Å²) in [6.07, 6.45) is 0.487. The molecule has 5 heteroatoms. The van der Waals surface area contributed by atoms with Crippen molar-refractivity contribution in [2.45, 2.75) is 32.2 Å². The first-order valence-electron chi connectivity index (χ1n) is 3.30.